The van der Waals surface area contributed by atoms with E-state index in [1.165, 1.54) is 12.8 Å². The van der Waals surface area contributed by atoms with Gasteiger partial charge in [-0.2, -0.15) is 0 Å². The van der Waals surface area contributed by atoms with Crippen LogP contribution in [-0.4, -0.2) is 84.4 Å². The third-order valence-electron chi connectivity index (χ3n) is 6.27. The number of fused-ring (bicyclic) bond motifs is 2. The molecule has 1 N–H and O–H groups in total. The van der Waals surface area contributed by atoms with E-state index in [1.807, 2.05) is 9.80 Å². The zero-order valence-electron chi connectivity index (χ0n) is 16.7. The highest BCUT2D eigenvalue weighted by molar-refractivity contribution is 5.85. The number of piperidine rings is 1. The monoisotopic (exact) mass is 422 g/mol. The Hall–Kier alpha value is -0.560. The zero-order chi connectivity index (χ0) is 17.8. The lowest BCUT2D eigenvalue weighted by Gasteiger charge is -2.37. The highest BCUT2D eigenvalue weighted by atomic mass is 35.5. The standard InChI is InChI=1S/C19H34N4O2.2ClH/c1-3-21(4-2)14-19(25)23-9-7-22(8-10-23)18(24)13-15-11-16-5-6-17(12-15)20-16;;/h15-17,20H,3-14H2,1-2H3;2*1H. The molecule has 3 fully saturated rings. The van der Waals surface area contributed by atoms with Gasteiger partial charge in [0.25, 0.3) is 0 Å². The maximum absolute atomic E-state index is 12.6. The minimum Gasteiger partial charge on any atom is -0.339 e. The summed E-state index contributed by atoms with van der Waals surface area (Å²) in [6, 6.07) is 1.29. The van der Waals surface area contributed by atoms with Crippen LogP contribution in [-0.2, 0) is 9.59 Å². The van der Waals surface area contributed by atoms with Gasteiger partial charge in [-0.15, -0.1) is 24.8 Å². The minimum atomic E-state index is 0. The average molecular weight is 423 g/mol. The second kappa shape index (κ2) is 11.4. The van der Waals surface area contributed by atoms with E-state index in [2.05, 4.69) is 24.1 Å². The first-order chi connectivity index (χ1) is 12.1. The van der Waals surface area contributed by atoms with Gasteiger partial charge in [0, 0.05) is 44.7 Å². The lowest BCUT2D eigenvalue weighted by Crippen LogP contribution is -2.53. The quantitative estimate of drug-likeness (QED) is 0.708. The van der Waals surface area contributed by atoms with Gasteiger partial charge in [-0.25, -0.2) is 0 Å². The van der Waals surface area contributed by atoms with Crippen molar-refractivity contribution in [2.24, 2.45) is 5.92 Å². The summed E-state index contributed by atoms with van der Waals surface area (Å²) >= 11 is 0. The van der Waals surface area contributed by atoms with Crippen LogP contribution in [0.2, 0.25) is 0 Å². The van der Waals surface area contributed by atoms with Crippen LogP contribution in [0, 0.1) is 5.92 Å². The number of hydrogen-bond acceptors (Lipinski definition) is 4. The highest BCUT2D eigenvalue weighted by Crippen LogP contribution is 2.33. The van der Waals surface area contributed by atoms with Crippen LogP contribution in [0.5, 0.6) is 0 Å². The largest absolute Gasteiger partial charge is 0.339 e. The lowest BCUT2D eigenvalue weighted by molar-refractivity contribution is -0.140. The molecule has 3 heterocycles. The number of hydrogen-bond donors (Lipinski definition) is 1. The Morgan fingerprint density at radius 1 is 0.889 bits per heavy atom. The Labute approximate surface area is 176 Å². The molecule has 8 heteroatoms. The summed E-state index contributed by atoms with van der Waals surface area (Å²) in [5, 5.41) is 3.64. The molecule has 0 radical (unpaired) electrons. The summed E-state index contributed by atoms with van der Waals surface area (Å²) in [5.41, 5.74) is 0. The molecule has 3 aliphatic heterocycles. The average Bonchev–Trinajstić information content (AvgIpc) is 2.97. The summed E-state index contributed by atoms with van der Waals surface area (Å²) in [5.74, 6) is 1.04. The van der Waals surface area contributed by atoms with Crippen LogP contribution < -0.4 is 5.32 Å². The smallest absolute Gasteiger partial charge is 0.236 e. The number of halogens is 2. The summed E-state index contributed by atoms with van der Waals surface area (Å²) < 4.78 is 0. The van der Waals surface area contributed by atoms with Gasteiger partial charge < -0.3 is 15.1 Å². The van der Waals surface area contributed by atoms with Crippen LogP contribution >= 0.6 is 24.8 Å². The van der Waals surface area contributed by atoms with Crippen LogP contribution in [0.1, 0.15) is 46.0 Å². The Morgan fingerprint density at radius 3 is 1.85 bits per heavy atom. The summed E-state index contributed by atoms with van der Waals surface area (Å²) in [6.45, 7) is 9.23. The van der Waals surface area contributed by atoms with Gasteiger partial charge in [-0.3, -0.25) is 14.5 Å². The molecule has 3 aliphatic rings. The van der Waals surface area contributed by atoms with Gasteiger partial charge in [0.15, 0.2) is 0 Å². The van der Waals surface area contributed by atoms with Gasteiger partial charge >= 0.3 is 0 Å². The normalized spacial score (nSPS) is 27.1. The molecule has 2 bridgehead atoms. The first-order valence-electron chi connectivity index (χ1n) is 10.1. The molecule has 0 saturated carbocycles. The third-order valence-corrected chi connectivity index (χ3v) is 6.27. The molecule has 0 aromatic heterocycles. The van der Waals surface area contributed by atoms with E-state index < -0.39 is 0 Å². The first kappa shape index (κ1) is 24.5. The number of nitrogens with zero attached hydrogens (tertiary/aromatic N) is 3. The van der Waals surface area contributed by atoms with Crippen molar-refractivity contribution in [2.45, 2.75) is 58.0 Å². The van der Waals surface area contributed by atoms with Crippen molar-refractivity contribution in [1.82, 2.24) is 20.0 Å². The van der Waals surface area contributed by atoms with Gasteiger partial charge in [-0.1, -0.05) is 13.8 Å². The molecule has 0 spiro atoms. The van der Waals surface area contributed by atoms with Crippen molar-refractivity contribution in [3.8, 4) is 0 Å². The third kappa shape index (κ3) is 6.48. The summed E-state index contributed by atoms with van der Waals surface area (Å²) in [6.07, 6.45) is 5.57. The topological polar surface area (TPSA) is 55.9 Å². The molecule has 2 atom stereocenters. The predicted molar refractivity (Wildman–Crippen MR) is 113 cm³/mol. The minimum absolute atomic E-state index is 0. The number of rotatable bonds is 6. The van der Waals surface area contributed by atoms with Gasteiger partial charge in [0.05, 0.1) is 6.54 Å². The lowest BCUT2D eigenvalue weighted by atomic mass is 9.89. The molecule has 27 heavy (non-hydrogen) atoms. The molecule has 158 valence electrons. The van der Waals surface area contributed by atoms with Crippen molar-refractivity contribution >= 4 is 36.6 Å². The SMILES string of the molecule is CCN(CC)CC(=O)N1CCN(C(=O)CC2CC3CCC(C2)N3)CC1.Cl.Cl. The van der Waals surface area contributed by atoms with Crippen LogP contribution in [0.25, 0.3) is 0 Å². The fraction of sp³-hybridized carbons (Fsp3) is 0.895. The van der Waals surface area contributed by atoms with Crippen molar-refractivity contribution in [1.29, 1.82) is 0 Å². The molecule has 0 aliphatic carbocycles. The Bertz CT molecular complexity index is 470. The number of carbonyl (C=O) groups excluding carboxylic acids is 2. The van der Waals surface area contributed by atoms with E-state index in [1.54, 1.807) is 0 Å². The maximum Gasteiger partial charge on any atom is 0.236 e. The number of nitrogens with one attached hydrogen (secondary N) is 1. The second-order valence-electron chi connectivity index (χ2n) is 7.90. The van der Waals surface area contributed by atoms with Crippen molar-refractivity contribution < 1.29 is 9.59 Å². The number of likely N-dealkylation sites (N-methyl/N-ethyl adjacent to an activating group) is 1. The fourth-order valence-corrected chi connectivity index (χ4v) is 4.66. The Kier molecular flexibility index (Phi) is 10.4. The van der Waals surface area contributed by atoms with E-state index >= 15 is 0 Å². The van der Waals surface area contributed by atoms with Gasteiger partial charge in [0.1, 0.15) is 0 Å². The number of amides is 2. The van der Waals surface area contributed by atoms with Crippen molar-refractivity contribution in [2.75, 3.05) is 45.8 Å². The van der Waals surface area contributed by atoms with Crippen LogP contribution in [0.15, 0.2) is 0 Å². The fourth-order valence-electron chi connectivity index (χ4n) is 4.66. The van der Waals surface area contributed by atoms with Crippen LogP contribution in [0.3, 0.4) is 0 Å². The zero-order valence-corrected chi connectivity index (χ0v) is 18.3. The first-order valence-corrected chi connectivity index (χ1v) is 10.1. The van der Waals surface area contributed by atoms with Crippen molar-refractivity contribution in [3.05, 3.63) is 0 Å². The van der Waals surface area contributed by atoms with E-state index in [0.29, 0.717) is 63.1 Å². The molecule has 0 aromatic carbocycles. The Morgan fingerprint density at radius 2 is 1.37 bits per heavy atom. The molecule has 2 unspecified atom stereocenters. The van der Waals surface area contributed by atoms with E-state index in [4.69, 9.17) is 0 Å². The van der Waals surface area contributed by atoms with Crippen molar-refractivity contribution in [3.63, 3.8) is 0 Å². The Balaban J connectivity index is 0.00000182. The summed E-state index contributed by atoms with van der Waals surface area (Å²) in [7, 11) is 0. The highest BCUT2D eigenvalue weighted by Gasteiger charge is 2.35. The molecule has 0 aromatic rings. The molecule has 3 saturated heterocycles. The molecule has 2 amide bonds. The summed E-state index contributed by atoms with van der Waals surface area (Å²) in [4.78, 5) is 31.1. The second-order valence-corrected chi connectivity index (χ2v) is 7.90. The van der Waals surface area contributed by atoms with Crippen LogP contribution in [0.4, 0.5) is 0 Å². The predicted octanol–water partition coefficient (Wildman–Crippen LogP) is 1.76. The molecular weight excluding hydrogens is 387 g/mol. The molecule has 3 rings (SSSR count). The van der Waals surface area contributed by atoms with Gasteiger partial charge in [-0.05, 0) is 44.7 Å². The van der Waals surface area contributed by atoms with E-state index in [9.17, 15) is 9.59 Å². The number of carbonyl (C=O) groups is 2. The molecule has 6 nitrogen and oxygen atoms in total. The molecular formula is C19H36Cl2N4O2. The maximum atomic E-state index is 12.6. The van der Waals surface area contributed by atoms with Gasteiger partial charge in [0.2, 0.25) is 11.8 Å². The van der Waals surface area contributed by atoms with E-state index in [-0.39, 0.29) is 30.7 Å². The van der Waals surface area contributed by atoms with E-state index in [0.717, 1.165) is 25.9 Å². The number of piperazine rings is 1.